The molecule has 0 atom stereocenters. The highest BCUT2D eigenvalue weighted by atomic mass is 16.5. The lowest BCUT2D eigenvalue weighted by atomic mass is 10.0. The molecule has 3 rings (SSSR count). The summed E-state index contributed by atoms with van der Waals surface area (Å²) in [6, 6.07) is 14.8. The van der Waals surface area contributed by atoms with Gasteiger partial charge in [-0.3, -0.25) is 9.48 Å². The molecule has 0 radical (unpaired) electrons. The summed E-state index contributed by atoms with van der Waals surface area (Å²) in [6.45, 7) is 10.4. The van der Waals surface area contributed by atoms with Gasteiger partial charge in [0.2, 0.25) is 0 Å². The van der Waals surface area contributed by atoms with E-state index in [1.807, 2.05) is 25.6 Å². The maximum Gasteiger partial charge on any atom is 0.162 e. The first-order chi connectivity index (χ1) is 14.1. The fourth-order valence-corrected chi connectivity index (χ4v) is 3.61. The summed E-state index contributed by atoms with van der Waals surface area (Å²) < 4.78 is 7.86. The molecule has 1 aromatic heterocycles. The van der Waals surface area contributed by atoms with Gasteiger partial charge < -0.3 is 9.64 Å². The number of carbonyl (C=O) groups is 1. The number of aromatic nitrogens is 2. The molecule has 0 amide bonds. The average molecular weight is 406 g/mol. The summed E-state index contributed by atoms with van der Waals surface area (Å²) in [5.74, 6) is 1.82. The van der Waals surface area contributed by atoms with Gasteiger partial charge in [-0.2, -0.15) is 5.10 Å². The number of benzene rings is 2. The lowest BCUT2D eigenvalue weighted by Gasteiger charge is -2.24. The zero-order chi connectivity index (χ0) is 22.1. The highest BCUT2D eigenvalue weighted by molar-refractivity contribution is 5.64. The van der Waals surface area contributed by atoms with Crippen molar-refractivity contribution in [3.05, 3.63) is 64.7 Å². The van der Waals surface area contributed by atoms with Crippen molar-refractivity contribution in [2.45, 2.75) is 46.8 Å². The van der Waals surface area contributed by atoms with Crippen molar-refractivity contribution in [3.63, 3.8) is 0 Å². The Kier molecular flexibility index (Phi) is 6.01. The van der Waals surface area contributed by atoms with Gasteiger partial charge in [0.15, 0.2) is 11.9 Å². The van der Waals surface area contributed by atoms with Crippen LogP contribution in [0.4, 0.5) is 5.82 Å². The Bertz CT molecular complexity index is 1030. The summed E-state index contributed by atoms with van der Waals surface area (Å²) in [4.78, 5) is 13.4. The number of ether oxygens (including phenoxy) is 1. The molecule has 0 fully saturated rings. The van der Waals surface area contributed by atoms with Crippen LogP contribution < -0.4 is 9.64 Å². The number of nitrogens with zero attached hydrogens (tertiary/aromatic N) is 3. The van der Waals surface area contributed by atoms with E-state index in [-0.39, 0.29) is 0 Å². The van der Waals surface area contributed by atoms with Crippen molar-refractivity contribution in [1.29, 1.82) is 0 Å². The summed E-state index contributed by atoms with van der Waals surface area (Å²) in [5.41, 5.74) is 5.71. The van der Waals surface area contributed by atoms with Crippen molar-refractivity contribution in [3.8, 4) is 17.0 Å². The van der Waals surface area contributed by atoms with E-state index in [2.05, 4.69) is 61.3 Å². The highest BCUT2D eigenvalue weighted by Crippen LogP contribution is 2.30. The van der Waals surface area contributed by atoms with Crippen molar-refractivity contribution >= 4 is 12.1 Å². The predicted octanol–water partition coefficient (Wildman–Crippen LogP) is 5.01. The van der Waals surface area contributed by atoms with Crippen LogP contribution in [-0.2, 0) is 18.4 Å². The minimum atomic E-state index is -0.838. The molecule has 158 valence electrons. The molecular formula is C25H31N3O2. The molecule has 3 aromatic rings. The van der Waals surface area contributed by atoms with E-state index in [0.717, 1.165) is 46.8 Å². The Balaban J connectivity index is 1.82. The second kappa shape index (κ2) is 8.34. The third-order valence-electron chi connectivity index (χ3n) is 5.18. The molecule has 0 unspecified atom stereocenters. The summed E-state index contributed by atoms with van der Waals surface area (Å²) >= 11 is 0. The van der Waals surface area contributed by atoms with Crippen LogP contribution in [0.15, 0.2) is 42.5 Å². The van der Waals surface area contributed by atoms with Crippen LogP contribution in [0.2, 0.25) is 0 Å². The third kappa shape index (κ3) is 4.73. The maximum atomic E-state index is 11.2. The number of aldehydes is 1. The Morgan fingerprint density at radius 3 is 2.23 bits per heavy atom. The van der Waals surface area contributed by atoms with Gasteiger partial charge in [0.1, 0.15) is 11.6 Å². The normalized spacial score (nSPS) is 11.4. The quantitative estimate of drug-likeness (QED) is 0.519. The van der Waals surface area contributed by atoms with E-state index in [9.17, 15) is 4.79 Å². The van der Waals surface area contributed by atoms with Crippen LogP contribution in [0.3, 0.4) is 0 Å². The SMILES string of the molecule is Cc1ccc(-c2cc(N(C)Cc3cc(C)c(OC(C)(C)C=O)c(C)c3)n(C)n2)cc1. The number of aryl methyl sites for hydroxylation is 4. The van der Waals surface area contributed by atoms with E-state index in [1.165, 1.54) is 11.1 Å². The lowest BCUT2D eigenvalue weighted by Crippen LogP contribution is -2.30. The molecule has 30 heavy (non-hydrogen) atoms. The van der Waals surface area contributed by atoms with Gasteiger partial charge in [-0.05, 0) is 51.3 Å². The Morgan fingerprint density at radius 1 is 1.07 bits per heavy atom. The third-order valence-corrected chi connectivity index (χ3v) is 5.18. The van der Waals surface area contributed by atoms with E-state index in [0.29, 0.717) is 0 Å². The fraction of sp³-hybridized carbons (Fsp3) is 0.360. The van der Waals surface area contributed by atoms with Crippen LogP contribution >= 0.6 is 0 Å². The van der Waals surface area contributed by atoms with Crippen LogP contribution in [0.1, 0.15) is 36.1 Å². The van der Waals surface area contributed by atoms with Crippen molar-refractivity contribution < 1.29 is 9.53 Å². The first kappa shape index (κ1) is 21.6. The van der Waals surface area contributed by atoms with E-state index in [1.54, 1.807) is 13.8 Å². The van der Waals surface area contributed by atoms with Gasteiger partial charge in [0.05, 0.1) is 5.69 Å². The minimum Gasteiger partial charge on any atom is -0.480 e. The van der Waals surface area contributed by atoms with E-state index >= 15 is 0 Å². The van der Waals surface area contributed by atoms with Crippen LogP contribution in [0, 0.1) is 20.8 Å². The molecule has 5 heteroatoms. The Labute approximate surface area is 179 Å². The molecule has 0 aliphatic rings. The monoisotopic (exact) mass is 405 g/mol. The number of carbonyl (C=O) groups excluding carboxylic acids is 1. The molecule has 0 saturated heterocycles. The molecular weight excluding hydrogens is 374 g/mol. The van der Waals surface area contributed by atoms with Gasteiger partial charge in [-0.25, -0.2) is 0 Å². The largest absolute Gasteiger partial charge is 0.480 e. The number of hydrogen-bond acceptors (Lipinski definition) is 4. The van der Waals surface area contributed by atoms with Gasteiger partial charge in [0.25, 0.3) is 0 Å². The predicted molar refractivity (Wildman–Crippen MR) is 122 cm³/mol. The molecule has 0 saturated carbocycles. The highest BCUT2D eigenvalue weighted by Gasteiger charge is 2.21. The van der Waals surface area contributed by atoms with Crippen LogP contribution in [0.25, 0.3) is 11.3 Å². The standard InChI is InChI=1S/C25H31N3O2/c1-17-8-10-21(11-9-17)22-14-23(28(7)26-22)27(6)15-20-12-18(2)24(19(3)13-20)30-25(4,5)16-29/h8-14,16H,15H2,1-7H3. The zero-order valence-electron chi connectivity index (χ0n) is 19.0. The first-order valence-corrected chi connectivity index (χ1v) is 10.2. The second-order valence-corrected chi connectivity index (χ2v) is 8.62. The number of anilines is 1. The molecule has 0 N–H and O–H groups in total. The molecule has 0 bridgehead atoms. The summed E-state index contributed by atoms with van der Waals surface area (Å²) in [6.07, 6.45) is 0.835. The molecule has 1 heterocycles. The van der Waals surface area contributed by atoms with Gasteiger partial charge in [-0.15, -0.1) is 0 Å². The second-order valence-electron chi connectivity index (χ2n) is 8.62. The Hall–Kier alpha value is -3.08. The number of rotatable bonds is 7. The number of hydrogen-bond donors (Lipinski definition) is 0. The lowest BCUT2D eigenvalue weighted by molar-refractivity contribution is -0.119. The smallest absolute Gasteiger partial charge is 0.162 e. The van der Waals surface area contributed by atoms with Crippen molar-refractivity contribution in [2.75, 3.05) is 11.9 Å². The van der Waals surface area contributed by atoms with Gasteiger partial charge >= 0.3 is 0 Å². The van der Waals surface area contributed by atoms with Crippen molar-refractivity contribution in [2.24, 2.45) is 7.05 Å². The average Bonchev–Trinajstić information content (AvgIpc) is 3.07. The molecule has 0 spiro atoms. The summed E-state index contributed by atoms with van der Waals surface area (Å²) in [7, 11) is 4.04. The molecule has 0 aliphatic carbocycles. The zero-order valence-corrected chi connectivity index (χ0v) is 19.0. The topological polar surface area (TPSA) is 47.4 Å². The van der Waals surface area contributed by atoms with Crippen LogP contribution in [0.5, 0.6) is 5.75 Å². The maximum absolute atomic E-state index is 11.2. The minimum absolute atomic E-state index is 0.742. The summed E-state index contributed by atoms with van der Waals surface area (Å²) in [5, 5.41) is 4.69. The molecule has 5 nitrogen and oxygen atoms in total. The first-order valence-electron chi connectivity index (χ1n) is 10.2. The van der Waals surface area contributed by atoms with Gasteiger partial charge in [-0.1, -0.05) is 42.0 Å². The van der Waals surface area contributed by atoms with Gasteiger partial charge in [0, 0.05) is 32.3 Å². The fourth-order valence-electron chi connectivity index (χ4n) is 3.61. The van der Waals surface area contributed by atoms with E-state index < -0.39 is 5.60 Å². The van der Waals surface area contributed by atoms with E-state index in [4.69, 9.17) is 9.84 Å². The Morgan fingerprint density at radius 2 is 1.67 bits per heavy atom. The molecule has 2 aromatic carbocycles. The van der Waals surface area contributed by atoms with Crippen LogP contribution in [-0.4, -0.2) is 28.7 Å². The molecule has 0 aliphatic heterocycles. The van der Waals surface area contributed by atoms with Crippen molar-refractivity contribution in [1.82, 2.24) is 9.78 Å².